The maximum atomic E-state index is 11.7. The van der Waals surface area contributed by atoms with Gasteiger partial charge >= 0.3 is 12.0 Å². The fourth-order valence-electron chi connectivity index (χ4n) is 1.36. The minimum absolute atomic E-state index is 0.0821. The number of amides is 2. The second-order valence-electron chi connectivity index (χ2n) is 5.64. The fraction of sp³-hybridized carbons (Fsp3) is 0.692. The molecule has 0 saturated heterocycles. The van der Waals surface area contributed by atoms with Gasteiger partial charge in [0.15, 0.2) is 0 Å². The van der Waals surface area contributed by atoms with E-state index in [4.69, 9.17) is 11.5 Å². The molecular formula is C13H22N2O3. The predicted octanol–water partition coefficient (Wildman–Crippen LogP) is 1.44. The summed E-state index contributed by atoms with van der Waals surface area (Å²) in [5.74, 6) is 1.47. The second-order valence-corrected chi connectivity index (χ2v) is 5.64. The quantitative estimate of drug-likeness (QED) is 0.664. The number of carboxylic acids is 1. The Morgan fingerprint density at radius 1 is 1.22 bits per heavy atom. The van der Waals surface area contributed by atoms with Crippen LogP contribution in [0.15, 0.2) is 0 Å². The Morgan fingerprint density at radius 3 is 2.00 bits per heavy atom. The van der Waals surface area contributed by atoms with Crippen LogP contribution in [0.4, 0.5) is 4.79 Å². The summed E-state index contributed by atoms with van der Waals surface area (Å²) in [6.45, 7) is 8.99. The van der Waals surface area contributed by atoms with E-state index in [2.05, 4.69) is 16.6 Å². The Labute approximate surface area is 108 Å². The number of hydrogen-bond donors (Lipinski definition) is 3. The van der Waals surface area contributed by atoms with E-state index < -0.39 is 29.5 Å². The van der Waals surface area contributed by atoms with Crippen LogP contribution in [0, 0.1) is 23.7 Å². The van der Waals surface area contributed by atoms with Crippen LogP contribution in [0.2, 0.25) is 0 Å². The molecule has 0 aliphatic rings. The number of carboxylic acid groups (broad SMARTS) is 1. The molecule has 0 aliphatic carbocycles. The van der Waals surface area contributed by atoms with Gasteiger partial charge in [-0.25, -0.2) is 9.59 Å². The summed E-state index contributed by atoms with van der Waals surface area (Å²) in [4.78, 5) is 22.8. The first-order valence-corrected chi connectivity index (χ1v) is 5.85. The highest BCUT2D eigenvalue weighted by atomic mass is 16.4. The van der Waals surface area contributed by atoms with Gasteiger partial charge in [0.05, 0.1) is 6.04 Å². The molecule has 0 saturated carbocycles. The van der Waals surface area contributed by atoms with Crippen LogP contribution in [0.5, 0.6) is 0 Å². The van der Waals surface area contributed by atoms with Crippen LogP contribution < -0.4 is 10.6 Å². The number of carbonyl (C=O) groups excluding carboxylic acids is 1. The molecule has 0 bridgehead atoms. The zero-order chi connectivity index (χ0) is 14.5. The molecule has 0 spiro atoms. The van der Waals surface area contributed by atoms with Crippen molar-refractivity contribution in [1.82, 2.24) is 10.6 Å². The molecule has 0 aromatic heterocycles. The number of carbonyl (C=O) groups is 2. The van der Waals surface area contributed by atoms with Gasteiger partial charge in [-0.2, -0.15) is 0 Å². The van der Waals surface area contributed by atoms with Crippen LogP contribution in [-0.4, -0.2) is 29.2 Å². The highest BCUT2D eigenvalue weighted by molar-refractivity contribution is 5.83. The molecule has 0 aromatic carbocycles. The van der Waals surface area contributed by atoms with Gasteiger partial charge in [-0.05, 0) is 11.3 Å². The lowest BCUT2D eigenvalue weighted by molar-refractivity contribution is -0.141. The summed E-state index contributed by atoms with van der Waals surface area (Å²) in [5.41, 5.74) is -0.577. The van der Waals surface area contributed by atoms with Crippen LogP contribution in [0.25, 0.3) is 0 Å². The third kappa shape index (κ3) is 5.09. The molecule has 0 aromatic rings. The fourth-order valence-corrected chi connectivity index (χ4v) is 1.36. The molecule has 2 amide bonds. The van der Waals surface area contributed by atoms with E-state index in [9.17, 15) is 9.59 Å². The van der Waals surface area contributed by atoms with E-state index in [-0.39, 0.29) is 5.92 Å². The molecule has 0 radical (unpaired) electrons. The first-order chi connectivity index (χ1) is 8.09. The first-order valence-electron chi connectivity index (χ1n) is 5.85. The average Bonchev–Trinajstić information content (AvgIpc) is 2.19. The lowest BCUT2D eigenvalue weighted by Gasteiger charge is -2.28. The van der Waals surface area contributed by atoms with Gasteiger partial charge in [0.2, 0.25) is 0 Å². The van der Waals surface area contributed by atoms with Crippen molar-refractivity contribution in [3.8, 4) is 12.3 Å². The molecule has 3 N–H and O–H groups in total. The van der Waals surface area contributed by atoms with Gasteiger partial charge in [-0.15, -0.1) is 6.42 Å². The van der Waals surface area contributed by atoms with Gasteiger partial charge in [0, 0.05) is 0 Å². The number of hydrogen-bond acceptors (Lipinski definition) is 2. The Bertz CT molecular complexity index is 350. The molecule has 102 valence electrons. The predicted molar refractivity (Wildman–Crippen MR) is 70.0 cm³/mol. The summed E-state index contributed by atoms with van der Waals surface area (Å²) in [6, 6.07) is -1.95. The van der Waals surface area contributed by atoms with E-state index in [0.717, 1.165) is 0 Å². The molecule has 0 fully saturated rings. The summed E-state index contributed by atoms with van der Waals surface area (Å²) in [6.07, 6.45) is 5.29. The van der Waals surface area contributed by atoms with Crippen LogP contribution in [0.3, 0.4) is 0 Å². The number of rotatable bonds is 4. The van der Waals surface area contributed by atoms with Crippen molar-refractivity contribution in [1.29, 1.82) is 0 Å². The molecule has 0 aliphatic heterocycles. The van der Waals surface area contributed by atoms with Crippen molar-refractivity contribution < 1.29 is 14.7 Å². The molecular weight excluding hydrogens is 232 g/mol. The van der Waals surface area contributed by atoms with E-state index in [1.807, 2.05) is 13.8 Å². The van der Waals surface area contributed by atoms with Gasteiger partial charge in [0.1, 0.15) is 6.04 Å². The Morgan fingerprint density at radius 2 is 1.72 bits per heavy atom. The third-order valence-corrected chi connectivity index (χ3v) is 2.52. The lowest BCUT2D eigenvalue weighted by Crippen LogP contribution is -2.54. The number of urea groups is 1. The van der Waals surface area contributed by atoms with Crippen molar-refractivity contribution in [3.05, 3.63) is 0 Å². The van der Waals surface area contributed by atoms with Crippen molar-refractivity contribution in [3.63, 3.8) is 0 Å². The number of terminal acetylenes is 1. The normalized spacial score (nSPS) is 14.5. The van der Waals surface area contributed by atoms with Crippen LogP contribution in [-0.2, 0) is 4.79 Å². The van der Waals surface area contributed by atoms with Gasteiger partial charge in [0.25, 0.3) is 0 Å². The maximum Gasteiger partial charge on any atom is 0.326 e. The Balaban J connectivity index is 4.64. The van der Waals surface area contributed by atoms with Gasteiger partial charge in [-0.1, -0.05) is 40.5 Å². The van der Waals surface area contributed by atoms with Gasteiger partial charge in [-0.3, -0.25) is 0 Å². The monoisotopic (exact) mass is 254 g/mol. The van der Waals surface area contributed by atoms with Crippen LogP contribution in [0.1, 0.15) is 34.6 Å². The van der Waals surface area contributed by atoms with E-state index >= 15 is 0 Å². The van der Waals surface area contributed by atoms with E-state index in [1.165, 1.54) is 0 Å². The third-order valence-electron chi connectivity index (χ3n) is 2.52. The maximum absolute atomic E-state index is 11.7. The topological polar surface area (TPSA) is 78.4 Å². The van der Waals surface area contributed by atoms with Crippen molar-refractivity contribution in [2.24, 2.45) is 11.3 Å². The van der Waals surface area contributed by atoms with E-state index in [1.54, 1.807) is 20.8 Å². The van der Waals surface area contributed by atoms with Crippen molar-refractivity contribution >= 4 is 12.0 Å². The molecule has 5 heteroatoms. The molecule has 18 heavy (non-hydrogen) atoms. The minimum atomic E-state index is -1.07. The standard InChI is InChI=1S/C13H22N2O3/c1-7-9(8(2)3)14-12(18)15-10(11(16)17)13(4,5)6/h1,8-10H,2-6H3,(H,16,17)(H2,14,15,18)/t9?,10-/m0/s1. The Hall–Kier alpha value is -1.70. The summed E-state index contributed by atoms with van der Waals surface area (Å²) < 4.78 is 0. The molecule has 5 nitrogen and oxygen atoms in total. The number of aliphatic carboxylic acids is 1. The molecule has 0 rings (SSSR count). The van der Waals surface area contributed by atoms with Crippen LogP contribution >= 0.6 is 0 Å². The highest BCUT2D eigenvalue weighted by Crippen LogP contribution is 2.19. The molecule has 0 heterocycles. The highest BCUT2D eigenvalue weighted by Gasteiger charge is 2.32. The molecule has 1 unspecified atom stereocenters. The van der Waals surface area contributed by atoms with Crippen molar-refractivity contribution in [2.75, 3.05) is 0 Å². The average molecular weight is 254 g/mol. The summed E-state index contributed by atoms with van der Waals surface area (Å²) in [5, 5.41) is 14.1. The van der Waals surface area contributed by atoms with Crippen molar-refractivity contribution in [2.45, 2.75) is 46.7 Å². The van der Waals surface area contributed by atoms with E-state index in [0.29, 0.717) is 0 Å². The minimum Gasteiger partial charge on any atom is -0.480 e. The second kappa shape index (κ2) is 6.29. The summed E-state index contributed by atoms with van der Waals surface area (Å²) in [7, 11) is 0. The Kier molecular flexibility index (Phi) is 5.70. The largest absolute Gasteiger partial charge is 0.480 e. The first kappa shape index (κ1) is 16.3. The molecule has 2 atom stereocenters. The lowest BCUT2D eigenvalue weighted by atomic mass is 9.87. The SMILES string of the molecule is C#CC(NC(=O)N[C@@H](C(=O)O)C(C)(C)C)C(C)C. The smallest absolute Gasteiger partial charge is 0.326 e. The zero-order valence-corrected chi connectivity index (χ0v) is 11.6. The summed E-state index contributed by atoms with van der Waals surface area (Å²) >= 11 is 0. The zero-order valence-electron chi connectivity index (χ0n) is 11.6. The number of nitrogens with one attached hydrogen (secondary N) is 2. The van der Waals surface area contributed by atoms with Gasteiger partial charge < -0.3 is 15.7 Å².